The van der Waals surface area contributed by atoms with Gasteiger partial charge in [-0.05, 0) is 46.1 Å². The number of fused-ring (bicyclic) bond motifs is 1. The predicted molar refractivity (Wildman–Crippen MR) is 98.0 cm³/mol. The van der Waals surface area contributed by atoms with Gasteiger partial charge < -0.3 is 14.3 Å². The molecular formula is C19H22N4O2. The van der Waals surface area contributed by atoms with Gasteiger partial charge in [0, 0.05) is 24.5 Å². The van der Waals surface area contributed by atoms with Gasteiger partial charge in [0.15, 0.2) is 0 Å². The van der Waals surface area contributed by atoms with Gasteiger partial charge in [0.25, 0.3) is 11.6 Å². The zero-order valence-electron chi connectivity index (χ0n) is 15.0. The summed E-state index contributed by atoms with van der Waals surface area (Å²) in [4.78, 5) is 21.6. The van der Waals surface area contributed by atoms with E-state index in [4.69, 9.17) is 4.52 Å². The van der Waals surface area contributed by atoms with Crippen LogP contribution in [0.15, 0.2) is 40.9 Å². The van der Waals surface area contributed by atoms with Crippen LogP contribution in [-0.2, 0) is 0 Å². The van der Waals surface area contributed by atoms with Crippen molar-refractivity contribution in [3.63, 3.8) is 0 Å². The average Bonchev–Trinajstić information content (AvgIpc) is 2.95. The van der Waals surface area contributed by atoms with E-state index in [0.717, 1.165) is 17.9 Å². The second-order valence-electron chi connectivity index (χ2n) is 6.35. The third-order valence-electron chi connectivity index (χ3n) is 4.06. The maximum absolute atomic E-state index is 13.4. The van der Waals surface area contributed by atoms with Crippen LogP contribution in [0, 0.1) is 13.8 Å². The molecule has 0 aliphatic heterocycles. The monoisotopic (exact) mass is 338 g/mol. The van der Waals surface area contributed by atoms with Crippen LogP contribution in [0.25, 0.3) is 11.1 Å². The molecule has 6 nitrogen and oxygen atoms in total. The molecular weight excluding hydrogens is 316 g/mol. The second-order valence-corrected chi connectivity index (χ2v) is 6.35. The Morgan fingerprint density at radius 2 is 1.84 bits per heavy atom. The maximum Gasteiger partial charge on any atom is 0.259 e. The number of rotatable bonds is 5. The van der Waals surface area contributed by atoms with Crippen LogP contribution in [0.3, 0.4) is 0 Å². The molecule has 3 aromatic rings. The lowest BCUT2D eigenvalue weighted by atomic mass is 10.1. The summed E-state index contributed by atoms with van der Waals surface area (Å²) in [6, 6.07) is 11.5. The number of nitrogens with zero attached hydrogens (tertiary/aromatic N) is 4. The smallest absolute Gasteiger partial charge is 0.259 e. The number of aryl methyl sites for hydroxylation is 2. The second kappa shape index (κ2) is 7.03. The van der Waals surface area contributed by atoms with Crippen LogP contribution in [0.5, 0.6) is 0 Å². The number of carbonyl (C=O) groups is 1. The molecule has 0 saturated heterocycles. The average molecular weight is 338 g/mol. The number of anilines is 1. The summed E-state index contributed by atoms with van der Waals surface area (Å²) in [5, 5.41) is 4.65. The fourth-order valence-corrected chi connectivity index (χ4v) is 2.79. The molecule has 0 unspecified atom stereocenters. The zero-order chi connectivity index (χ0) is 18.0. The predicted octanol–water partition coefficient (Wildman–Crippen LogP) is 3.05. The first-order valence-electron chi connectivity index (χ1n) is 8.22. The summed E-state index contributed by atoms with van der Waals surface area (Å²) in [6.07, 6.45) is 0. The Labute approximate surface area is 147 Å². The molecule has 0 bridgehead atoms. The van der Waals surface area contributed by atoms with Gasteiger partial charge in [-0.3, -0.25) is 4.79 Å². The van der Waals surface area contributed by atoms with Crippen LogP contribution in [0.4, 0.5) is 5.69 Å². The van der Waals surface area contributed by atoms with E-state index in [2.05, 4.69) is 15.0 Å². The Kier molecular flexibility index (Phi) is 4.81. The molecule has 0 spiro atoms. The number of benzene rings is 1. The van der Waals surface area contributed by atoms with Gasteiger partial charge in [0.05, 0.1) is 16.6 Å². The van der Waals surface area contributed by atoms with Crippen molar-refractivity contribution in [2.75, 3.05) is 32.1 Å². The fourth-order valence-electron chi connectivity index (χ4n) is 2.79. The first-order chi connectivity index (χ1) is 12.0. The van der Waals surface area contributed by atoms with E-state index in [1.165, 1.54) is 0 Å². The van der Waals surface area contributed by atoms with E-state index in [0.29, 0.717) is 28.9 Å². The van der Waals surface area contributed by atoms with Gasteiger partial charge in [-0.2, -0.15) is 0 Å². The molecule has 3 rings (SSSR count). The third kappa shape index (κ3) is 3.53. The molecule has 130 valence electrons. The lowest BCUT2D eigenvalue weighted by Gasteiger charge is -2.25. The molecule has 25 heavy (non-hydrogen) atoms. The number of aromatic nitrogens is 2. The molecule has 0 N–H and O–H groups in total. The summed E-state index contributed by atoms with van der Waals surface area (Å²) < 4.78 is 5.26. The van der Waals surface area contributed by atoms with Crippen LogP contribution in [0.1, 0.15) is 21.7 Å². The molecule has 0 radical (unpaired) electrons. The topological polar surface area (TPSA) is 62.5 Å². The van der Waals surface area contributed by atoms with Crippen molar-refractivity contribution < 1.29 is 9.32 Å². The van der Waals surface area contributed by atoms with E-state index in [1.54, 1.807) is 11.0 Å². The number of para-hydroxylation sites is 1. The highest BCUT2D eigenvalue weighted by atomic mass is 16.5. The molecule has 0 aliphatic rings. The van der Waals surface area contributed by atoms with Crippen molar-refractivity contribution in [3.05, 3.63) is 53.3 Å². The van der Waals surface area contributed by atoms with E-state index < -0.39 is 0 Å². The Hall–Kier alpha value is -2.73. The first kappa shape index (κ1) is 17.1. The number of hydrogen-bond acceptors (Lipinski definition) is 5. The molecule has 1 amide bonds. The van der Waals surface area contributed by atoms with Crippen molar-refractivity contribution in [2.24, 2.45) is 0 Å². The van der Waals surface area contributed by atoms with Gasteiger partial charge in [-0.15, -0.1) is 0 Å². The van der Waals surface area contributed by atoms with Gasteiger partial charge in [-0.1, -0.05) is 23.4 Å². The summed E-state index contributed by atoms with van der Waals surface area (Å²) in [5.41, 5.74) is 3.25. The van der Waals surface area contributed by atoms with Gasteiger partial charge >= 0.3 is 0 Å². The summed E-state index contributed by atoms with van der Waals surface area (Å²) in [6.45, 7) is 5.02. The molecule has 0 aliphatic carbocycles. The van der Waals surface area contributed by atoms with Crippen LogP contribution >= 0.6 is 0 Å². The summed E-state index contributed by atoms with van der Waals surface area (Å²) >= 11 is 0. The van der Waals surface area contributed by atoms with Crippen molar-refractivity contribution in [3.8, 4) is 0 Å². The minimum absolute atomic E-state index is 0.0742. The molecule has 2 aromatic heterocycles. The van der Waals surface area contributed by atoms with Crippen LogP contribution in [0.2, 0.25) is 0 Å². The summed E-state index contributed by atoms with van der Waals surface area (Å²) in [7, 11) is 3.99. The van der Waals surface area contributed by atoms with Crippen molar-refractivity contribution >= 4 is 22.7 Å². The quantitative estimate of drug-likeness (QED) is 0.715. The number of hydrogen-bond donors (Lipinski definition) is 0. The lowest BCUT2D eigenvalue weighted by Crippen LogP contribution is -2.37. The number of carbonyl (C=O) groups excluding carboxylic acids is 1. The highest BCUT2D eigenvalue weighted by molar-refractivity contribution is 6.13. The molecule has 0 saturated carbocycles. The van der Waals surface area contributed by atoms with Crippen molar-refractivity contribution in [1.82, 2.24) is 15.0 Å². The highest BCUT2D eigenvalue weighted by Gasteiger charge is 2.23. The molecule has 2 heterocycles. The Morgan fingerprint density at radius 1 is 1.12 bits per heavy atom. The minimum Gasteiger partial charge on any atom is -0.336 e. The molecule has 1 aromatic carbocycles. The van der Waals surface area contributed by atoms with Crippen molar-refractivity contribution in [1.29, 1.82) is 0 Å². The number of likely N-dealkylation sites (N-methyl/N-ethyl adjacent to an activating group) is 1. The normalized spacial score (nSPS) is 11.2. The fraction of sp³-hybridized carbons (Fsp3) is 0.316. The van der Waals surface area contributed by atoms with E-state index in [9.17, 15) is 4.79 Å². The van der Waals surface area contributed by atoms with Gasteiger partial charge in [0.2, 0.25) is 0 Å². The zero-order valence-corrected chi connectivity index (χ0v) is 15.0. The summed E-state index contributed by atoms with van der Waals surface area (Å²) in [5.74, 6) is -0.0742. The lowest BCUT2D eigenvalue weighted by molar-refractivity contribution is 0.0986. The molecule has 6 heteroatoms. The Balaban J connectivity index is 2.07. The number of amides is 1. The Morgan fingerprint density at radius 3 is 2.52 bits per heavy atom. The van der Waals surface area contributed by atoms with Crippen molar-refractivity contribution in [2.45, 2.75) is 13.8 Å². The SMILES string of the molecule is Cc1cc(C(=O)N(CCN(C)C)c2ccccc2)c2c(C)noc2n1. The largest absolute Gasteiger partial charge is 0.336 e. The van der Waals surface area contributed by atoms with E-state index in [-0.39, 0.29) is 5.91 Å². The first-order valence-corrected chi connectivity index (χ1v) is 8.22. The maximum atomic E-state index is 13.4. The van der Waals surface area contributed by atoms with Crippen LogP contribution in [-0.4, -0.2) is 48.1 Å². The standard InChI is InChI=1S/C19H22N4O2/c1-13-12-16(17-14(2)21-25-18(17)20-13)19(24)23(11-10-22(3)4)15-8-6-5-7-9-15/h5-9,12H,10-11H2,1-4H3. The molecule has 0 atom stereocenters. The van der Waals surface area contributed by atoms with E-state index >= 15 is 0 Å². The van der Waals surface area contributed by atoms with Gasteiger partial charge in [-0.25, -0.2) is 4.98 Å². The highest BCUT2D eigenvalue weighted by Crippen LogP contribution is 2.25. The van der Waals surface area contributed by atoms with Gasteiger partial charge in [0.1, 0.15) is 0 Å². The van der Waals surface area contributed by atoms with Crippen LogP contribution < -0.4 is 4.90 Å². The Bertz CT molecular complexity index is 887. The third-order valence-corrected chi connectivity index (χ3v) is 4.06. The van der Waals surface area contributed by atoms with E-state index in [1.807, 2.05) is 58.3 Å². The minimum atomic E-state index is -0.0742. The molecule has 0 fully saturated rings. The number of pyridine rings is 1.